The Balaban J connectivity index is 1.48. The third-order valence-corrected chi connectivity index (χ3v) is 6.17. The Bertz CT molecular complexity index is 907. The summed E-state index contributed by atoms with van der Waals surface area (Å²) in [6.45, 7) is 2.17. The zero-order valence-corrected chi connectivity index (χ0v) is 15.3. The first-order valence-electron chi connectivity index (χ1n) is 8.63. The Morgan fingerprint density at radius 2 is 1.77 bits per heavy atom. The SMILES string of the molecule is Cc1ccc(S(=O)(=O)N[C@H]2C=C3C[C@H](c4ccccc4)O[C@@H]3OC2)cc1. The summed E-state index contributed by atoms with van der Waals surface area (Å²) in [5.74, 6) is 0. The third kappa shape index (κ3) is 3.59. The quantitative estimate of drug-likeness (QED) is 0.839. The number of ether oxygens (including phenoxy) is 2. The Morgan fingerprint density at radius 3 is 2.50 bits per heavy atom. The number of nitrogens with one attached hydrogen (secondary N) is 1. The van der Waals surface area contributed by atoms with Crippen LogP contribution in [-0.4, -0.2) is 27.4 Å². The molecular formula is C20H21NO4S. The van der Waals surface area contributed by atoms with Crippen LogP contribution in [0.25, 0.3) is 0 Å². The molecule has 4 rings (SSSR count). The maximum Gasteiger partial charge on any atom is 0.241 e. The minimum atomic E-state index is -3.59. The van der Waals surface area contributed by atoms with Crippen LogP contribution in [0.2, 0.25) is 0 Å². The molecule has 2 aliphatic rings. The smallest absolute Gasteiger partial charge is 0.241 e. The molecule has 6 heteroatoms. The monoisotopic (exact) mass is 371 g/mol. The first kappa shape index (κ1) is 17.4. The summed E-state index contributed by atoms with van der Waals surface area (Å²) in [7, 11) is -3.59. The van der Waals surface area contributed by atoms with E-state index in [0.717, 1.165) is 16.7 Å². The summed E-state index contributed by atoms with van der Waals surface area (Å²) in [5.41, 5.74) is 3.11. The van der Waals surface area contributed by atoms with Crippen LogP contribution in [0.4, 0.5) is 0 Å². The van der Waals surface area contributed by atoms with E-state index in [2.05, 4.69) is 4.72 Å². The van der Waals surface area contributed by atoms with Crippen LogP contribution in [0.3, 0.4) is 0 Å². The van der Waals surface area contributed by atoms with Gasteiger partial charge < -0.3 is 9.47 Å². The number of fused-ring (bicyclic) bond motifs is 1. The minimum Gasteiger partial charge on any atom is -0.347 e. The second-order valence-electron chi connectivity index (χ2n) is 6.69. The van der Waals surface area contributed by atoms with Crippen molar-refractivity contribution in [3.05, 3.63) is 77.4 Å². The van der Waals surface area contributed by atoms with Crippen molar-refractivity contribution in [3.8, 4) is 0 Å². The summed E-state index contributed by atoms with van der Waals surface area (Å²) in [6, 6.07) is 16.4. The lowest BCUT2D eigenvalue weighted by molar-refractivity contribution is -0.126. The third-order valence-electron chi connectivity index (χ3n) is 4.66. The van der Waals surface area contributed by atoms with Crippen molar-refractivity contribution in [2.75, 3.05) is 6.61 Å². The lowest BCUT2D eigenvalue weighted by Crippen LogP contribution is -2.40. The van der Waals surface area contributed by atoms with Gasteiger partial charge in [0, 0.05) is 6.42 Å². The molecule has 3 atom stereocenters. The van der Waals surface area contributed by atoms with E-state index >= 15 is 0 Å². The Morgan fingerprint density at radius 1 is 1.04 bits per heavy atom. The highest BCUT2D eigenvalue weighted by molar-refractivity contribution is 7.89. The highest BCUT2D eigenvalue weighted by Crippen LogP contribution is 2.38. The van der Waals surface area contributed by atoms with E-state index in [-0.39, 0.29) is 23.9 Å². The molecule has 0 unspecified atom stereocenters. The second kappa shape index (κ2) is 6.96. The van der Waals surface area contributed by atoms with Crippen LogP contribution in [0, 0.1) is 6.92 Å². The molecule has 136 valence electrons. The number of rotatable bonds is 4. The van der Waals surface area contributed by atoms with Crippen molar-refractivity contribution in [1.29, 1.82) is 0 Å². The molecule has 2 aromatic carbocycles. The van der Waals surface area contributed by atoms with Crippen LogP contribution in [0.15, 0.2) is 71.1 Å². The first-order valence-corrected chi connectivity index (χ1v) is 10.1. The molecule has 1 fully saturated rings. The van der Waals surface area contributed by atoms with Crippen LogP contribution >= 0.6 is 0 Å². The minimum absolute atomic E-state index is 0.0556. The number of aryl methyl sites for hydroxylation is 1. The number of hydrogen-bond donors (Lipinski definition) is 1. The van der Waals surface area contributed by atoms with Crippen LogP contribution < -0.4 is 4.72 Å². The molecule has 1 N–H and O–H groups in total. The average Bonchev–Trinajstić information content (AvgIpc) is 3.06. The molecule has 2 aromatic rings. The van der Waals surface area contributed by atoms with E-state index in [1.807, 2.05) is 43.3 Å². The van der Waals surface area contributed by atoms with Gasteiger partial charge in [-0.2, -0.15) is 0 Å². The molecule has 0 radical (unpaired) electrons. The van der Waals surface area contributed by atoms with Gasteiger partial charge in [0.05, 0.1) is 23.6 Å². The molecular weight excluding hydrogens is 350 g/mol. The van der Waals surface area contributed by atoms with E-state index in [0.29, 0.717) is 6.42 Å². The van der Waals surface area contributed by atoms with Gasteiger partial charge in [0.2, 0.25) is 10.0 Å². The fraction of sp³-hybridized carbons (Fsp3) is 0.300. The summed E-state index contributed by atoms with van der Waals surface area (Å²) < 4.78 is 39.5. The highest BCUT2D eigenvalue weighted by atomic mass is 32.2. The molecule has 1 saturated heterocycles. The predicted octanol–water partition coefficient (Wildman–Crippen LogP) is 3.09. The Labute approximate surface area is 153 Å². The molecule has 0 amide bonds. The fourth-order valence-corrected chi connectivity index (χ4v) is 4.47. The summed E-state index contributed by atoms with van der Waals surface area (Å²) >= 11 is 0. The predicted molar refractivity (Wildman–Crippen MR) is 98.0 cm³/mol. The van der Waals surface area contributed by atoms with Gasteiger partial charge in [0.15, 0.2) is 6.29 Å². The summed E-state index contributed by atoms with van der Waals surface area (Å²) in [6.07, 6.45) is 2.19. The van der Waals surface area contributed by atoms with Crippen molar-refractivity contribution in [2.45, 2.75) is 36.7 Å². The van der Waals surface area contributed by atoms with Crippen molar-refractivity contribution < 1.29 is 17.9 Å². The molecule has 26 heavy (non-hydrogen) atoms. The topological polar surface area (TPSA) is 64.6 Å². The zero-order chi connectivity index (χ0) is 18.1. The molecule has 2 aliphatic heterocycles. The van der Waals surface area contributed by atoms with Gasteiger partial charge in [-0.05, 0) is 30.2 Å². The molecule has 0 aliphatic carbocycles. The van der Waals surface area contributed by atoms with Gasteiger partial charge >= 0.3 is 0 Å². The van der Waals surface area contributed by atoms with Gasteiger partial charge in [-0.3, -0.25) is 0 Å². The lowest BCUT2D eigenvalue weighted by Gasteiger charge is -2.25. The van der Waals surface area contributed by atoms with Gasteiger partial charge in [-0.1, -0.05) is 54.1 Å². The van der Waals surface area contributed by atoms with Crippen LogP contribution in [0.1, 0.15) is 23.7 Å². The number of benzene rings is 2. The van der Waals surface area contributed by atoms with Gasteiger partial charge in [-0.25, -0.2) is 13.1 Å². The van der Waals surface area contributed by atoms with Crippen molar-refractivity contribution in [1.82, 2.24) is 4.72 Å². The number of sulfonamides is 1. The lowest BCUT2D eigenvalue weighted by atomic mass is 10.0. The average molecular weight is 371 g/mol. The van der Waals surface area contributed by atoms with Crippen molar-refractivity contribution in [3.63, 3.8) is 0 Å². The van der Waals surface area contributed by atoms with Gasteiger partial charge in [0.25, 0.3) is 0 Å². The van der Waals surface area contributed by atoms with E-state index in [1.54, 1.807) is 24.3 Å². The Kier molecular flexibility index (Phi) is 4.67. The molecule has 0 bridgehead atoms. The zero-order valence-electron chi connectivity index (χ0n) is 14.5. The maximum atomic E-state index is 12.6. The van der Waals surface area contributed by atoms with Crippen LogP contribution in [-0.2, 0) is 19.5 Å². The molecule has 0 saturated carbocycles. The summed E-state index contributed by atoms with van der Waals surface area (Å²) in [4.78, 5) is 0.258. The van der Waals surface area contributed by atoms with Gasteiger partial charge in [0.1, 0.15) is 0 Å². The Hall–Kier alpha value is -1.99. The first-order chi connectivity index (χ1) is 12.5. The largest absolute Gasteiger partial charge is 0.347 e. The van der Waals surface area contributed by atoms with Crippen molar-refractivity contribution in [2.24, 2.45) is 0 Å². The highest BCUT2D eigenvalue weighted by Gasteiger charge is 2.36. The maximum absolute atomic E-state index is 12.6. The number of hydrogen-bond acceptors (Lipinski definition) is 4. The van der Waals surface area contributed by atoms with E-state index in [4.69, 9.17) is 9.47 Å². The molecule has 5 nitrogen and oxygen atoms in total. The standard InChI is InChI=1S/C20H21NO4S/c1-14-7-9-18(10-8-14)26(22,23)21-17-11-16-12-19(25-20(16)24-13-17)15-5-3-2-4-6-15/h2-11,17,19-21H,12-13H2,1H3/t17-,19+,20-/m0/s1. The second-order valence-corrected chi connectivity index (χ2v) is 8.40. The van der Waals surface area contributed by atoms with Gasteiger partial charge in [-0.15, -0.1) is 0 Å². The van der Waals surface area contributed by atoms with E-state index in [9.17, 15) is 8.42 Å². The van der Waals surface area contributed by atoms with Crippen molar-refractivity contribution >= 4 is 10.0 Å². The summed E-state index contributed by atoms with van der Waals surface area (Å²) in [5, 5.41) is 0. The van der Waals surface area contributed by atoms with E-state index < -0.39 is 16.1 Å². The molecule has 0 aromatic heterocycles. The normalized spacial score (nSPS) is 25.6. The van der Waals surface area contributed by atoms with Crippen LogP contribution in [0.5, 0.6) is 0 Å². The molecule has 0 spiro atoms. The van der Waals surface area contributed by atoms with E-state index in [1.165, 1.54) is 0 Å². The fourth-order valence-electron chi connectivity index (χ4n) is 3.30. The molecule has 2 heterocycles.